The Bertz CT molecular complexity index is 605. The van der Waals surface area contributed by atoms with E-state index in [9.17, 15) is 8.42 Å². The van der Waals surface area contributed by atoms with Crippen molar-refractivity contribution >= 4 is 10.0 Å². The number of rotatable bonds is 5. The van der Waals surface area contributed by atoms with E-state index in [-0.39, 0.29) is 5.75 Å². The van der Waals surface area contributed by atoms with Crippen LogP contribution in [0.3, 0.4) is 0 Å². The molecule has 0 fully saturated rings. The van der Waals surface area contributed by atoms with Gasteiger partial charge in [-0.15, -0.1) is 0 Å². The number of hydrogen-bond donors (Lipinski definition) is 1. The Kier molecular flexibility index (Phi) is 3.78. The lowest BCUT2D eigenvalue weighted by Crippen LogP contribution is -2.24. The Hall–Kier alpha value is -1.66. The van der Waals surface area contributed by atoms with Gasteiger partial charge in [0.2, 0.25) is 10.0 Å². The fourth-order valence-corrected chi connectivity index (χ4v) is 2.30. The molecular formula is C12H15N3O2S. The molecule has 0 spiro atoms. The van der Waals surface area contributed by atoms with Gasteiger partial charge in [-0.05, 0) is 7.05 Å². The van der Waals surface area contributed by atoms with Gasteiger partial charge in [-0.25, -0.2) is 18.1 Å². The fraction of sp³-hybridized carbons (Fsp3) is 0.250. The summed E-state index contributed by atoms with van der Waals surface area (Å²) in [6, 6.07) is 9.69. The molecule has 0 saturated heterocycles. The molecule has 0 amide bonds. The van der Waals surface area contributed by atoms with Crippen molar-refractivity contribution in [3.8, 4) is 11.4 Å². The number of benzene rings is 1. The van der Waals surface area contributed by atoms with Crippen molar-refractivity contribution in [2.45, 2.75) is 6.54 Å². The van der Waals surface area contributed by atoms with Gasteiger partial charge in [-0.2, -0.15) is 0 Å². The van der Waals surface area contributed by atoms with Crippen LogP contribution in [-0.4, -0.2) is 30.8 Å². The summed E-state index contributed by atoms with van der Waals surface area (Å²) in [7, 11) is -1.78. The summed E-state index contributed by atoms with van der Waals surface area (Å²) < 4.78 is 26.9. The highest BCUT2D eigenvalue weighted by atomic mass is 32.2. The summed E-state index contributed by atoms with van der Waals surface area (Å²) in [6.07, 6.45) is 3.46. The zero-order chi connectivity index (χ0) is 13.0. The van der Waals surface area contributed by atoms with Crippen LogP contribution in [0.4, 0.5) is 0 Å². The fourth-order valence-electron chi connectivity index (χ4n) is 1.66. The third kappa shape index (κ3) is 2.96. The number of nitrogens with one attached hydrogen (secondary N) is 1. The molecule has 1 aromatic heterocycles. The average Bonchev–Trinajstić information content (AvgIpc) is 2.86. The maximum atomic E-state index is 11.4. The third-order valence-electron chi connectivity index (χ3n) is 2.66. The van der Waals surface area contributed by atoms with Crippen LogP contribution in [0.15, 0.2) is 42.7 Å². The second-order valence-corrected chi connectivity index (χ2v) is 5.88. The van der Waals surface area contributed by atoms with Crippen LogP contribution in [-0.2, 0) is 16.6 Å². The minimum Gasteiger partial charge on any atom is -0.330 e. The Labute approximate surface area is 107 Å². The Morgan fingerprint density at radius 3 is 2.67 bits per heavy atom. The first kappa shape index (κ1) is 12.8. The summed E-state index contributed by atoms with van der Waals surface area (Å²) in [5.74, 6) is 0.821. The molecule has 2 aromatic rings. The minimum atomic E-state index is -3.19. The van der Waals surface area contributed by atoms with Crippen molar-refractivity contribution in [2.75, 3.05) is 12.8 Å². The van der Waals surface area contributed by atoms with E-state index in [1.807, 2.05) is 34.9 Å². The topological polar surface area (TPSA) is 64.0 Å². The molecule has 96 valence electrons. The van der Waals surface area contributed by atoms with Crippen LogP contribution in [0.5, 0.6) is 0 Å². The van der Waals surface area contributed by atoms with Crippen molar-refractivity contribution < 1.29 is 8.42 Å². The lowest BCUT2D eigenvalue weighted by Gasteiger charge is -2.08. The molecule has 0 aliphatic carbocycles. The molecule has 0 unspecified atom stereocenters. The highest BCUT2D eigenvalue weighted by Gasteiger charge is 2.10. The van der Waals surface area contributed by atoms with Crippen LogP contribution >= 0.6 is 0 Å². The normalized spacial score (nSPS) is 11.6. The average molecular weight is 265 g/mol. The quantitative estimate of drug-likeness (QED) is 0.880. The number of hydrogen-bond acceptors (Lipinski definition) is 3. The summed E-state index contributed by atoms with van der Waals surface area (Å²) in [4.78, 5) is 4.26. The second kappa shape index (κ2) is 5.32. The van der Waals surface area contributed by atoms with Crippen molar-refractivity contribution in [3.63, 3.8) is 0 Å². The monoisotopic (exact) mass is 265 g/mol. The SMILES string of the molecule is CNS(=O)(=O)CCn1ccnc1-c1ccccc1. The molecule has 0 saturated carbocycles. The molecule has 1 heterocycles. The smallest absolute Gasteiger partial charge is 0.213 e. The van der Waals surface area contributed by atoms with Crippen molar-refractivity contribution in [3.05, 3.63) is 42.7 Å². The van der Waals surface area contributed by atoms with Crippen LogP contribution < -0.4 is 4.72 Å². The van der Waals surface area contributed by atoms with E-state index in [4.69, 9.17) is 0 Å². The lowest BCUT2D eigenvalue weighted by atomic mass is 10.2. The van der Waals surface area contributed by atoms with Crippen LogP contribution in [0.2, 0.25) is 0 Å². The number of aryl methyl sites for hydroxylation is 1. The number of sulfonamides is 1. The van der Waals surface area contributed by atoms with Gasteiger partial charge in [0.05, 0.1) is 5.75 Å². The van der Waals surface area contributed by atoms with Crippen LogP contribution in [0, 0.1) is 0 Å². The molecule has 1 N–H and O–H groups in total. The Morgan fingerprint density at radius 1 is 1.28 bits per heavy atom. The van der Waals surface area contributed by atoms with E-state index < -0.39 is 10.0 Å². The summed E-state index contributed by atoms with van der Waals surface area (Å²) in [6.45, 7) is 0.382. The zero-order valence-electron chi connectivity index (χ0n) is 10.1. The number of aromatic nitrogens is 2. The van der Waals surface area contributed by atoms with E-state index in [0.717, 1.165) is 11.4 Å². The molecule has 0 atom stereocenters. The molecule has 1 aromatic carbocycles. The van der Waals surface area contributed by atoms with Crippen LogP contribution in [0.1, 0.15) is 0 Å². The van der Waals surface area contributed by atoms with Gasteiger partial charge >= 0.3 is 0 Å². The number of nitrogens with zero attached hydrogens (tertiary/aromatic N) is 2. The zero-order valence-corrected chi connectivity index (χ0v) is 10.9. The molecule has 18 heavy (non-hydrogen) atoms. The Morgan fingerprint density at radius 2 is 2.00 bits per heavy atom. The summed E-state index contributed by atoms with van der Waals surface area (Å²) in [5, 5.41) is 0. The highest BCUT2D eigenvalue weighted by molar-refractivity contribution is 7.89. The first-order valence-electron chi connectivity index (χ1n) is 5.60. The minimum absolute atomic E-state index is 0.0414. The molecule has 0 aliphatic rings. The summed E-state index contributed by atoms with van der Waals surface area (Å²) >= 11 is 0. The molecule has 0 bridgehead atoms. The molecular weight excluding hydrogens is 250 g/mol. The van der Waals surface area contributed by atoms with E-state index in [2.05, 4.69) is 9.71 Å². The van der Waals surface area contributed by atoms with Gasteiger partial charge in [-0.3, -0.25) is 0 Å². The maximum absolute atomic E-state index is 11.4. The molecule has 2 rings (SSSR count). The van der Waals surface area contributed by atoms with Crippen molar-refractivity contribution in [1.82, 2.24) is 14.3 Å². The largest absolute Gasteiger partial charge is 0.330 e. The number of imidazole rings is 1. The first-order chi connectivity index (χ1) is 8.62. The Balaban J connectivity index is 2.19. The van der Waals surface area contributed by atoms with Gasteiger partial charge in [0, 0.05) is 24.5 Å². The molecule has 6 heteroatoms. The lowest BCUT2D eigenvalue weighted by molar-refractivity contribution is 0.581. The van der Waals surface area contributed by atoms with Gasteiger partial charge in [0.15, 0.2) is 0 Å². The van der Waals surface area contributed by atoms with Gasteiger partial charge < -0.3 is 4.57 Å². The second-order valence-electron chi connectivity index (χ2n) is 3.83. The van der Waals surface area contributed by atoms with E-state index in [1.165, 1.54) is 7.05 Å². The molecule has 0 aliphatic heterocycles. The first-order valence-corrected chi connectivity index (χ1v) is 7.25. The van der Waals surface area contributed by atoms with E-state index in [0.29, 0.717) is 6.54 Å². The standard InChI is InChI=1S/C12H15N3O2S/c1-13-18(16,17)10-9-15-8-7-14-12(15)11-5-3-2-4-6-11/h2-8,13H,9-10H2,1H3. The summed E-state index contributed by atoms with van der Waals surface area (Å²) in [5.41, 5.74) is 0.976. The van der Waals surface area contributed by atoms with Gasteiger partial charge in [0.1, 0.15) is 5.82 Å². The van der Waals surface area contributed by atoms with Crippen molar-refractivity contribution in [1.29, 1.82) is 0 Å². The van der Waals surface area contributed by atoms with E-state index in [1.54, 1.807) is 12.4 Å². The molecule has 0 radical (unpaired) electrons. The van der Waals surface area contributed by atoms with Gasteiger partial charge in [-0.1, -0.05) is 30.3 Å². The van der Waals surface area contributed by atoms with E-state index >= 15 is 0 Å². The van der Waals surface area contributed by atoms with Gasteiger partial charge in [0.25, 0.3) is 0 Å². The highest BCUT2D eigenvalue weighted by Crippen LogP contribution is 2.16. The van der Waals surface area contributed by atoms with Crippen molar-refractivity contribution in [2.24, 2.45) is 0 Å². The predicted molar refractivity (Wildman–Crippen MR) is 70.5 cm³/mol. The maximum Gasteiger partial charge on any atom is 0.213 e. The molecule has 5 nitrogen and oxygen atoms in total. The third-order valence-corrected chi connectivity index (χ3v) is 4.00. The predicted octanol–water partition coefficient (Wildman–Crippen LogP) is 1.10. The van der Waals surface area contributed by atoms with Crippen LogP contribution in [0.25, 0.3) is 11.4 Å².